The minimum Gasteiger partial charge on any atom is -0.483 e. The van der Waals surface area contributed by atoms with Gasteiger partial charge in [-0.25, -0.2) is 4.98 Å². The first-order chi connectivity index (χ1) is 12.8. The number of ether oxygens (including phenoxy) is 3. The Morgan fingerprint density at radius 3 is 2.30 bits per heavy atom. The summed E-state index contributed by atoms with van der Waals surface area (Å²) in [6.07, 6.45) is -5.29. The Labute approximate surface area is 159 Å². The highest BCUT2D eigenvalue weighted by Gasteiger charge is 2.52. The van der Waals surface area contributed by atoms with Gasteiger partial charge in [-0.1, -0.05) is 29.8 Å². The molecule has 1 saturated heterocycles. The number of aliphatic hydroxyl groups excluding tert-OH is 2. The van der Waals surface area contributed by atoms with Crippen LogP contribution < -0.4 is 9.47 Å². The quantitative estimate of drug-likeness (QED) is 0.477. The van der Waals surface area contributed by atoms with E-state index in [0.717, 1.165) is 0 Å². The molecule has 0 saturated carbocycles. The molecule has 5 atom stereocenters. The van der Waals surface area contributed by atoms with E-state index in [9.17, 15) is 23.2 Å². The highest BCUT2D eigenvalue weighted by atomic mass is 35.5. The molecule has 3 rings (SSSR count). The van der Waals surface area contributed by atoms with E-state index in [2.05, 4.69) is 4.98 Å². The molecular weight excluding hydrogens is 402 g/mol. The van der Waals surface area contributed by atoms with E-state index in [4.69, 9.17) is 25.8 Å². The molecule has 1 aliphatic heterocycles. The van der Waals surface area contributed by atoms with Gasteiger partial charge in [0, 0.05) is 0 Å². The maximum absolute atomic E-state index is 11.6. The summed E-state index contributed by atoms with van der Waals surface area (Å²) < 4.78 is 48.6. The van der Waals surface area contributed by atoms with E-state index in [0.29, 0.717) is 0 Å². The number of rotatable bonds is 5. The molecule has 1 aromatic carbocycles. The van der Waals surface area contributed by atoms with Crippen LogP contribution in [0.15, 0.2) is 48.7 Å². The summed E-state index contributed by atoms with van der Waals surface area (Å²) in [7, 11) is -4.84. The molecule has 3 N–H and O–H groups in total. The van der Waals surface area contributed by atoms with Gasteiger partial charge >= 0.3 is 0 Å². The fourth-order valence-corrected chi connectivity index (χ4v) is 3.38. The SMILES string of the molecule is O=S(=O)(O)C1O[C@@H](Oc2ccccc2)[C@H](O)[C@@H](Oc2ccc(Cl)nc2)[C@@H]1O. The van der Waals surface area contributed by atoms with Gasteiger partial charge in [0.05, 0.1) is 6.20 Å². The lowest BCUT2D eigenvalue weighted by molar-refractivity contribution is -0.248. The van der Waals surface area contributed by atoms with Crippen LogP contribution in [0.4, 0.5) is 0 Å². The van der Waals surface area contributed by atoms with E-state index in [1.54, 1.807) is 30.3 Å². The van der Waals surface area contributed by atoms with Crippen molar-refractivity contribution in [2.75, 3.05) is 0 Å². The van der Waals surface area contributed by atoms with Crippen molar-refractivity contribution < 1.29 is 37.4 Å². The summed E-state index contributed by atoms with van der Waals surface area (Å²) in [5, 5.41) is 21.0. The lowest BCUT2D eigenvalue weighted by Gasteiger charge is -2.40. The summed E-state index contributed by atoms with van der Waals surface area (Å²) in [5.41, 5.74) is -2.08. The maximum atomic E-state index is 11.6. The Bertz CT molecular complexity index is 864. The van der Waals surface area contributed by atoms with Crippen molar-refractivity contribution in [1.29, 1.82) is 0 Å². The molecule has 1 unspecified atom stereocenters. The first-order valence-corrected chi connectivity index (χ1v) is 9.61. The molecular formula is C16H16ClNO8S. The number of halogens is 1. The topological polar surface area (TPSA) is 135 Å². The number of pyridine rings is 1. The first kappa shape index (κ1) is 19.8. The van der Waals surface area contributed by atoms with Crippen molar-refractivity contribution in [2.24, 2.45) is 0 Å². The van der Waals surface area contributed by atoms with E-state index >= 15 is 0 Å². The number of hydrogen-bond acceptors (Lipinski definition) is 8. The molecule has 0 bridgehead atoms. The minimum atomic E-state index is -4.84. The normalized spacial score (nSPS) is 28.5. The molecule has 0 spiro atoms. The van der Waals surface area contributed by atoms with Gasteiger partial charge in [-0.2, -0.15) is 8.42 Å². The van der Waals surface area contributed by atoms with Crippen LogP contribution in [0.3, 0.4) is 0 Å². The number of aliphatic hydroxyl groups is 2. The Balaban J connectivity index is 1.87. The lowest BCUT2D eigenvalue weighted by Crippen LogP contribution is -2.62. The number of para-hydroxylation sites is 1. The Kier molecular flexibility index (Phi) is 5.84. The number of benzene rings is 1. The molecule has 11 heteroatoms. The van der Waals surface area contributed by atoms with Crippen molar-refractivity contribution >= 4 is 21.7 Å². The highest BCUT2D eigenvalue weighted by molar-refractivity contribution is 7.86. The Hall–Kier alpha value is -1.95. The molecule has 1 aromatic heterocycles. The van der Waals surface area contributed by atoms with Gasteiger partial charge in [0.2, 0.25) is 11.7 Å². The predicted octanol–water partition coefficient (Wildman–Crippen LogP) is 0.853. The molecule has 27 heavy (non-hydrogen) atoms. The van der Waals surface area contributed by atoms with Crippen LogP contribution in [0.25, 0.3) is 0 Å². The van der Waals surface area contributed by atoms with Crippen molar-refractivity contribution in [2.45, 2.75) is 30.0 Å². The second kappa shape index (κ2) is 7.97. The molecule has 2 heterocycles. The van der Waals surface area contributed by atoms with Crippen LogP contribution >= 0.6 is 11.6 Å². The molecule has 2 aromatic rings. The zero-order valence-electron chi connectivity index (χ0n) is 13.6. The molecule has 9 nitrogen and oxygen atoms in total. The largest absolute Gasteiger partial charge is 0.483 e. The number of aromatic nitrogens is 1. The number of hydrogen-bond donors (Lipinski definition) is 3. The zero-order valence-corrected chi connectivity index (χ0v) is 15.2. The fourth-order valence-electron chi connectivity index (χ4n) is 2.51. The highest BCUT2D eigenvalue weighted by Crippen LogP contribution is 2.29. The van der Waals surface area contributed by atoms with Crippen LogP contribution in [0, 0.1) is 0 Å². The standard InChI is InChI=1S/C16H16ClNO8S/c17-11-7-6-10(8-18-11)24-14-12(19)15(25-9-4-2-1-3-5-9)26-16(13(14)20)27(21,22)23/h1-8,12-16,19-20H,(H,21,22,23)/t12-,13+,14-,15-,16?/m1/s1. The third-order valence-corrected chi connectivity index (χ3v) is 4.96. The Morgan fingerprint density at radius 1 is 1.00 bits per heavy atom. The van der Waals surface area contributed by atoms with Gasteiger partial charge in [0.15, 0.2) is 12.2 Å². The first-order valence-electron chi connectivity index (χ1n) is 7.73. The smallest absolute Gasteiger partial charge is 0.295 e. The number of nitrogens with zero attached hydrogens (tertiary/aromatic N) is 1. The van der Waals surface area contributed by atoms with Gasteiger partial charge in [-0.15, -0.1) is 0 Å². The monoisotopic (exact) mass is 417 g/mol. The van der Waals surface area contributed by atoms with Gasteiger partial charge < -0.3 is 24.4 Å². The summed E-state index contributed by atoms with van der Waals surface area (Å²) in [6, 6.07) is 11.0. The second-order valence-electron chi connectivity index (χ2n) is 5.70. The Morgan fingerprint density at radius 2 is 1.70 bits per heavy atom. The molecule has 0 aliphatic carbocycles. The van der Waals surface area contributed by atoms with Crippen molar-refractivity contribution in [1.82, 2.24) is 4.98 Å². The van der Waals surface area contributed by atoms with Gasteiger partial charge in [-0.3, -0.25) is 4.55 Å². The van der Waals surface area contributed by atoms with E-state index in [-0.39, 0.29) is 16.7 Å². The lowest BCUT2D eigenvalue weighted by atomic mass is 10.0. The third-order valence-electron chi connectivity index (χ3n) is 3.76. The van der Waals surface area contributed by atoms with Gasteiger partial charge in [-0.05, 0) is 24.3 Å². The molecule has 1 aliphatic rings. The van der Waals surface area contributed by atoms with E-state index < -0.39 is 40.2 Å². The average molecular weight is 418 g/mol. The van der Waals surface area contributed by atoms with Crippen LogP contribution in [0.1, 0.15) is 0 Å². The van der Waals surface area contributed by atoms with Crippen LogP contribution in [-0.2, 0) is 14.9 Å². The molecule has 1 fully saturated rings. The van der Waals surface area contributed by atoms with E-state index in [1.807, 2.05) is 0 Å². The zero-order chi connectivity index (χ0) is 19.6. The second-order valence-corrected chi connectivity index (χ2v) is 7.58. The molecule has 146 valence electrons. The maximum Gasteiger partial charge on any atom is 0.295 e. The third kappa shape index (κ3) is 4.67. The van der Waals surface area contributed by atoms with Crippen molar-refractivity contribution in [3.8, 4) is 11.5 Å². The summed E-state index contributed by atoms with van der Waals surface area (Å²) in [6.45, 7) is 0. The van der Waals surface area contributed by atoms with Crippen LogP contribution in [-0.4, -0.2) is 58.2 Å². The van der Waals surface area contributed by atoms with Crippen LogP contribution in [0.2, 0.25) is 5.15 Å². The van der Waals surface area contributed by atoms with Gasteiger partial charge in [0.25, 0.3) is 10.1 Å². The van der Waals surface area contributed by atoms with E-state index in [1.165, 1.54) is 18.3 Å². The van der Waals surface area contributed by atoms with Crippen LogP contribution in [0.5, 0.6) is 11.5 Å². The van der Waals surface area contributed by atoms with Crippen molar-refractivity contribution in [3.63, 3.8) is 0 Å². The summed E-state index contributed by atoms with van der Waals surface area (Å²) in [4.78, 5) is 3.80. The fraction of sp³-hybridized carbons (Fsp3) is 0.312. The van der Waals surface area contributed by atoms with Gasteiger partial charge in [0.1, 0.15) is 22.8 Å². The minimum absolute atomic E-state index is 0.108. The predicted molar refractivity (Wildman–Crippen MR) is 93.0 cm³/mol. The summed E-state index contributed by atoms with van der Waals surface area (Å²) in [5.74, 6) is 0.385. The molecule has 0 amide bonds. The van der Waals surface area contributed by atoms with Crippen molar-refractivity contribution in [3.05, 3.63) is 53.8 Å². The summed E-state index contributed by atoms with van der Waals surface area (Å²) >= 11 is 5.69. The molecule has 0 radical (unpaired) electrons. The average Bonchev–Trinajstić information content (AvgIpc) is 2.62.